The molecule has 1 N–H and O–H groups in total. The molecule has 0 unspecified atom stereocenters. The Hall–Kier alpha value is -0.670. The molecular formula is C11H13ClF2O. The van der Waals surface area contributed by atoms with Crippen molar-refractivity contribution in [3.63, 3.8) is 0 Å². The molecule has 1 nitrogen and oxygen atoms in total. The summed E-state index contributed by atoms with van der Waals surface area (Å²) in [5, 5.41) is 8.56. The fraction of sp³-hybridized carbons (Fsp3) is 0.455. The molecule has 0 aliphatic heterocycles. The summed E-state index contributed by atoms with van der Waals surface area (Å²) in [6, 6.07) is 2.49. The average Bonchev–Trinajstić information content (AvgIpc) is 2.19. The summed E-state index contributed by atoms with van der Waals surface area (Å²) in [7, 11) is 0. The van der Waals surface area contributed by atoms with Crippen LogP contribution in [0.25, 0.3) is 0 Å². The van der Waals surface area contributed by atoms with E-state index in [1.54, 1.807) is 13.8 Å². The first-order valence-corrected chi connectivity index (χ1v) is 4.98. The first-order valence-electron chi connectivity index (χ1n) is 4.60. The molecule has 1 rings (SSSR count). The average molecular weight is 235 g/mol. The van der Waals surface area contributed by atoms with Gasteiger partial charge >= 0.3 is 0 Å². The second kappa shape index (κ2) is 4.45. The second-order valence-electron chi connectivity index (χ2n) is 4.33. The predicted molar refractivity (Wildman–Crippen MR) is 55.9 cm³/mol. The van der Waals surface area contributed by atoms with E-state index in [0.717, 1.165) is 6.07 Å². The third kappa shape index (κ3) is 2.89. The van der Waals surface area contributed by atoms with Crippen LogP contribution in [0.3, 0.4) is 0 Å². The van der Waals surface area contributed by atoms with E-state index in [4.69, 9.17) is 16.7 Å². The number of benzene rings is 1. The summed E-state index contributed by atoms with van der Waals surface area (Å²) in [5.41, 5.74) is -0.123. The van der Waals surface area contributed by atoms with E-state index >= 15 is 0 Å². The Labute approximate surface area is 92.7 Å². The fourth-order valence-corrected chi connectivity index (χ4v) is 1.46. The number of hydrogen-bond donors (Lipinski definition) is 1. The van der Waals surface area contributed by atoms with Crippen molar-refractivity contribution in [1.82, 2.24) is 0 Å². The SMILES string of the molecule is CC(C)(CO)Cc1ccc(F)c(Cl)c1F. The van der Waals surface area contributed by atoms with Gasteiger partial charge < -0.3 is 5.11 Å². The molecule has 1 aromatic carbocycles. The molecular weight excluding hydrogens is 222 g/mol. The van der Waals surface area contributed by atoms with Gasteiger partial charge in [-0.1, -0.05) is 31.5 Å². The molecule has 0 aromatic heterocycles. The number of aliphatic hydroxyl groups excluding tert-OH is 1. The minimum absolute atomic E-state index is 0.0680. The molecule has 0 fully saturated rings. The van der Waals surface area contributed by atoms with E-state index in [2.05, 4.69) is 0 Å². The molecule has 0 heterocycles. The molecule has 15 heavy (non-hydrogen) atoms. The monoisotopic (exact) mass is 234 g/mol. The number of hydrogen-bond acceptors (Lipinski definition) is 1. The highest BCUT2D eigenvalue weighted by Crippen LogP contribution is 2.27. The van der Waals surface area contributed by atoms with Crippen molar-refractivity contribution in [3.8, 4) is 0 Å². The standard InChI is InChI=1S/C11H13ClF2O/c1-11(2,6-15)5-7-3-4-8(13)9(12)10(7)14/h3-4,15H,5-6H2,1-2H3. The van der Waals surface area contributed by atoms with E-state index in [1.165, 1.54) is 6.07 Å². The van der Waals surface area contributed by atoms with Gasteiger partial charge in [0, 0.05) is 6.61 Å². The fourth-order valence-electron chi connectivity index (χ4n) is 1.27. The Morgan fingerprint density at radius 3 is 2.47 bits per heavy atom. The molecule has 0 radical (unpaired) electrons. The first kappa shape index (κ1) is 12.4. The van der Waals surface area contributed by atoms with Crippen LogP contribution >= 0.6 is 11.6 Å². The maximum atomic E-state index is 13.5. The molecule has 1 aromatic rings. The van der Waals surface area contributed by atoms with Crippen LogP contribution in [-0.4, -0.2) is 11.7 Å². The molecule has 0 bridgehead atoms. The van der Waals surface area contributed by atoms with Crippen LogP contribution in [-0.2, 0) is 6.42 Å². The Morgan fingerprint density at radius 1 is 1.33 bits per heavy atom. The van der Waals surface area contributed by atoms with Crippen LogP contribution in [0, 0.1) is 17.0 Å². The summed E-state index contributed by atoms with van der Waals surface area (Å²) >= 11 is 5.44. The summed E-state index contributed by atoms with van der Waals surface area (Å²) in [5.74, 6) is -1.50. The smallest absolute Gasteiger partial charge is 0.147 e. The predicted octanol–water partition coefficient (Wildman–Crippen LogP) is 3.18. The second-order valence-corrected chi connectivity index (χ2v) is 4.71. The van der Waals surface area contributed by atoms with Crippen LogP contribution in [0.15, 0.2) is 12.1 Å². The quantitative estimate of drug-likeness (QED) is 0.797. The molecule has 4 heteroatoms. The normalized spacial score (nSPS) is 11.9. The lowest BCUT2D eigenvalue weighted by atomic mass is 9.86. The van der Waals surface area contributed by atoms with Crippen molar-refractivity contribution in [3.05, 3.63) is 34.4 Å². The highest BCUT2D eigenvalue weighted by Gasteiger charge is 2.21. The van der Waals surface area contributed by atoms with Crippen molar-refractivity contribution in [2.24, 2.45) is 5.41 Å². The first-order chi connectivity index (χ1) is 6.87. The van der Waals surface area contributed by atoms with Gasteiger partial charge in [-0.05, 0) is 23.5 Å². The van der Waals surface area contributed by atoms with Crippen LogP contribution in [0.1, 0.15) is 19.4 Å². The summed E-state index contributed by atoms with van der Waals surface area (Å²) in [4.78, 5) is 0. The van der Waals surface area contributed by atoms with Gasteiger partial charge in [0.25, 0.3) is 0 Å². The molecule has 0 aliphatic carbocycles. The van der Waals surface area contributed by atoms with Crippen molar-refractivity contribution in [1.29, 1.82) is 0 Å². The highest BCUT2D eigenvalue weighted by atomic mass is 35.5. The number of aliphatic hydroxyl groups is 1. The Morgan fingerprint density at radius 2 is 1.93 bits per heavy atom. The molecule has 0 saturated carbocycles. The molecule has 0 saturated heterocycles. The van der Waals surface area contributed by atoms with E-state index in [1.807, 2.05) is 0 Å². The zero-order valence-electron chi connectivity index (χ0n) is 8.65. The van der Waals surface area contributed by atoms with Crippen molar-refractivity contribution in [2.75, 3.05) is 6.61 Å². The molecule has 84 valence electrons. The van der Waals surface area contributed by atoms with Gasteiger partial charge in [-0.15, -0.1) is 0 Å². The maximum absolute atomic E-state index is 13.5. The van der Waals surface area contributed by atoms with E-state index in [9.17, 15) is 8.78 Å². The van der Waals surface area contributed by atoms with Crippen molar-refractivity contribution >= 4 is 11.6 Å². The number of halogens is 3. The van der Waals surface area contributed by atoms with Gasteiger partial charge in [0.2, 0.25) is 0 Å². The van der Waals surface area contributed by atoms with Crippen molar-refractivity contribution in [2.45, 2.75) is 20.3 Å². The van der Waals surface area contributed by atoms with Crippen LogP contribution in [0.5, 0.6) is 0 Å². The zero-order chi connectivity index (χ0) is 11.6. The van der Waals surface area contributed by atoms with E-state index in [0.29, 0.717) is 12.0 Å². The molecule has 0 spiro atoms. The zero-order valence-corrected chi connectivity index (χ0v) is 9.41. The third-order valence-electron chi connectivity index (χ3n) is 2.21. The topological polar surface area (TPSA) is 20.2 Å². The lowest BCUT2D eigenvalue weighted by Gasteiger charge is -2.21. The minimum atomic E-state index is -0.764. The maximum Gasteiger partial charge on any atom is 0.147 e. The van der Waals surface area contributed by atoms with Gasteiger partial charge in [-0.25, -0.2) is 8.78 Å². The highest BCUT2D eigenvalue weighted by molar-refractivity contribution is 6.30. The van der Waals surface area contributed by atoms with Gasteiger partial charge in [0.1, 0.15) is 16.7 Å². The Bertz CT molecular complexity index is 364. The lowest BCUT2D eigenvalue weighted by Crippen LogP contribution is -2.20. The summed E-state index contributed by atoms with van der Waals surface area (Å²) in [6.07, 6.45) is 0.315. The molecule has 0 amide bonds. The van der Waals surface area contributed by atoms with Gasteiger partial charge in [-0.3, -0.25) is 0 Å². The molecule has 0 aliphatic rings. The van der Waals surface area contributed by atoms with Gasteiger partial charge in [0.15, 0.2) is 0 Å². The van der Waals surface area contributed by atoms with Crippen LogP contribution in [0.4, 0.5) is 8.78 Å². The lowest BCUT2D eigenvalue weighted by molar-refractivity contribution is 0.158. The largest absolute Gasteiger partial charge is 0.396 e. The summed E-state index contributed by atoms with van der Waals surface area (Å²) in [6.45, 7) is 3.52. The van der Waals surface area contributed by atoms with E-state index < -0.39 is 22.1 Å². The van der Waals surface area contributed by atoms with Crippen LogP contribution in [0.2, 0.25) is 5.02 Å². The Kier molecular flexibility index (Phi) is 3.68. The molecule has 0 atom stereocenters. The van der Waals surface area contributed by atoms with Gasteiger partial charge in [-0.2, -0.15) is 0 Å². The number of rotatable bonds is 3. The Balaban J connectivity index is 3.02. The van der Waals surface area contributed by atoms with Gasteiger partial charge in [0.05, 0.1) is 0 Å². The third-order valence-corrected chi connectivity index (χ3v) is 2.56. The summed E-state index contributed by atoms with van der Waals surface area (Å²) < 4.78 is 26.3. The minimum Gasteiger partial charge on any atom is -0.396 e. The van der Waals surface area contributed by atoms with Crippen LogP contribution < -0.4 is 0 Å². The van der Waals surface area contributed by atoms with E-state index in [-0.39, 0.29) is 6.61 Å². The van der Waals surface area contributed by atoms with Crippen molar-refractivity contribution < 1.29 is 13.9 Å².